The van der Waals surface area contributed by atoms with E-state index in [9.17, 15) is 0 Å². The number of rotatable bonds is 4. The Labute approximate surface area is 114 Å². The van der Waals surface area contributed by atoms with Gasteiger partial charge in [0.15, 0.2) is 0 Å². The minimum Gasteiger partial charge on any atom is -0.488 e. The lowest BCUT2D eigenvalue weighted by Gasteiger charge is -2.23. The first-order valence-electron chi connectivity index (χ1n) is 6.82. The Morgan fingerprint density at radius 1 is 1.11 bits per heavy atom. The monoisotopic (exact) mass is 253 g/mol. The lowest BCUT2D eigenvalue weighted by atomic mass is 9.98. The van der Waals surface area contributed by atoms with Gasteiger partial charge in [-0.25, -0.2) is 0 Å². The lowest BCUT2D eigenvalue weighted by Crippen LogP contribution is -2.42. The number of hydrogen-bond acceptors (Lipinski definition) is 2. The first-order valence-corrected chi connectivity index (χ1v) is 6.82. The van der Waals surface area contributed by atoms with E-state index >= 15 is 0 Å². The van der Waals surface area contributed by atoms with Crippen molar-refractivity contribution < 1.29 is 4.74 Å². The Hall–Kier alpha value is -1.80. The largest absolute Gasteiger partial charge is 0.488 e. The van der Waals surface area contributed by atoms with Crippen LogP contribution in [-0.2, 0) is 12.8 Å². The number of hydrogen-bond donors (Lipinski definition) is 1. The molecule has 19 heavy (non-hydrogen) atoms. The van der Waals surface area contributed by atoms with Crippen molar-refractivity contribution in [3.63, 3.8) is 0 Å². The normalized spacial score (nSPS) is 18.7. The molecular formula is C17H19NO. The number of para-hydroxylation sites is 1. The van der Waals surface area contributed by atoms with Crippen LogP contribution in [0.3, 0.4) is 0 Å². The average Bonchev–Trinajstić information content (AvgIpc) is 2.89. The van der Waals surface area contributed by atoms with Crippen LogP contribution in [0.15, 0.2) is 54.6 Å². The SMILES string of the molecule is CNC(Cc1ccccc1)C1Cc2ccccc2O1. The van der Waals surface area contributed by atoms with Crippen molar-refractivity contribution >= 4 is 0 Å². The van der Waals surface area contributed by atoms with E-state index in [0.29, 0.717) is 6.04 Å². The molecule has 1 aliphatic heterocycles. The molecule has 1 heterocycles. The van der Waals surface area contributed by atoms with Crippen LogP contribution < -0.4 is 10.1 Å². The van der Waals surface area contributed by atoms with Crippen molar-refractivity contribution in [1.29, 1.82) is 0 Å². The Bertz CT molecular complexity index is 513. The van der Waals surface area contributed by atoms with Crippen LogP contribution in [0.4, 0.5) is 0 Å². The van der Waals surface area contributed by atoms with Crippen LogP contribution in [0.5, 0.6) is 5.75 Å². The maximum absolute atomic E-state index is 6.07. The molecule has 98 valence electrons. The second-order valence-corrected chi connectivity index (χ2v) is 5.05. The van der Waals surface area contributed by atoms with Gasteiger partial charge in [-0.2, -0.15) is 0 Å². The van der Waals surface area contributed by atoms with Gasteiger partial charge in [-0.1, -0.05) is 48.5 Å². The molecule has 1 N–H and O–H groups in total. The Morgan fingerprint density at radius 2 is 1.84 bits per heavy atom. The van der Waals surface area contributed by atoms with Gasteiger partial charge in [0.1, 0.15) is 11.9 Å². The lowest BCUT2D eigenvalue weighted by molar-refractivity contribution is 0.182. The molecule has 3 rings (SSSR count). The molecule has 2 atom stereocenters. The third-order valence-corrected chi connectivity index (χ3v) is 3.79. The number of likely N-dealkylation sites (N-methyl/N-ethyl adjacent to an activating group) is 1. The van der Waals surface area contributed by atoms with Crippen molar-refractivity contribution in [3.05, 3.63) is 65.7 Å². The van der Waals surface area contributed by atoms with E-state index in [4.69, 9.17) is 4.74 Å². The second kappa shape index (κ2) is 5.45. The van der Waals surface area contributed by atoms with Gasteiger partial charge in [-0.3, -0.25) is 0 Å². The van der Waals surface area contributed by atoms with E-state index in [1.165, 1.54) is 11.1 Å². The van der Waals surface area contributed by atoms with E-state index in [1.807, 2.05) is 13.1 Å². The molecule has 2 heteroatoms. The molecule has 0 aromatic heterocycles. The molecule has 0 radical (unpaired) electrons. The van der Waals surface area contributed by atoms with Crippen LogP contribution in [0.1, 0.15) is 11.1 Å². The van der Waals surface area contributed by atoms with E-state index in [2.05, 4.69) is 53.8 Å². The van der Waals surface area contributed by atoms with Crippen molar-refractivity contribution in [2.24, 2.45) is 0 Å². The molecule has 0 aliphatic carbocycles. The first-order chi connectivity index (χ1) is 9.36. The predicted octanol–water partition coefficient (Wildman–Crippen LogP) is 2.82. The summed E-state index contributed by atoms with van der Waals surface area (Å²) in [5.41, 5.74) is 2.67. The summed E-state index contributed by atoms with van der Waals surface area (Å²) >= 11 is 0. The molecular weight excluding hydrogens is 234 g/mol. The van der Waals surface area contributed by atoms with Crippen molar-refractivity contribution in [2.45, 2.75) is 25.0 Å². The zero-order chi connectivity index (χ0) is 13.1. The molecule has 0 saturated carbocycles. The summed E-state index contributed by atoms with van der Waals surface area (Å²) in [6.45, 7) is 0. The standard InChI is InChI=1S/C17H19NO/c1-18-15(11-13-7-3-2-4-8-13)17-12-14-9-5-6-10-16(14)19-17/h2-10,15,17-18H,11-12H2,1H3. The van der Waals surface area contributed by atoms with E-state index in [0.717, 1.165) is 18.6 Å². The van der Waals surface area contributed by atoms with E-state index < -0.39 is 0 Å². The highest BCUT2D eigenvalue weighted by molar-refractivity contribution is 5.37. The van der Waals surface area contributed by atoms with Gasteiger partial charge >= 0.3 is 0 Å². The molecule has 0 spiro atoms. The van der Waals surface area contributed by atoms with Crippen LogP contribution in [0, 0.1) is 0 Å². The fourth-order valence-corrected chi connectivity index (χ4v) is 2.72. The van der Waals surface area contributed by atoms with Crippen molar-refractivity contribution in [2.75, 3.05) is 7.05 Å². The Balaban J connectivity index is 1.71. The number of fused-ring (bicyclic) bond motifs is 1. The molecule has 2 aromatic carbocycles. The number of ether oxygens (including phenoxy) is 1. The molecule has 0 saturated heterocycles. The summed E-state index contributed by atoms with van der Waals surface area (Å²) in [5, 5.41) is 3.40. The van der Waals surface area contributed by atoms with Crippen molar-refractivity contribution in [1.82, 2.24) is 5.32 Å². The second-order valence-electron chi connectivity index (χ2n) is 5.05. The summed E-state index contributed by atoms with van der Waals surface area (Å²) in [6, 6.07) is 19.3. The summed E-state index contributed by atoms with van der Waals surface area (Å²) in [6.07, 6.45) is 2.22. The minimum atomic E-state index is 0.225. The first kappa shape index (κ1) is 12.2. The molecule has 2 aromatic rings. The van der Waals surface area contributed by atoms with Gasteiger partial charge in [-0.05, 0) is 30.7 Å². The molecule has 2 nitrogen and oxygen atoms in total. The summed E-state index contributed by atoms with van der Waals surface area (Å²) in [4.78, 5) is 0. The fourth-order valence-electron chi connectivity index (χ4n) is 2.72. The smallest absolute Gasteiger partial charge is 0.123 e. The summed E-state index contributed by atoms with van der Waals surface area (Å²) < 4.78 is 6.07. The van der Waals surface area contributed by atoms with Gasteiger partial charge in [0.05, 0.1) is 0 Å². The van der Waals surface area contributed by atoms with Gasteiger partial charge in [-0.15, -0.1) is 0 Å². The van der Waals surface area contributed by atoms with Crippen LogP contribution >= 0.6 is 0 Å². The summed E-state index contributed by atoms with van der Waals surface area (Å²) in [5.74, 6) is 1.04. The highest BCUT2D eigenvalue weighted by Gasteiger charge is 2.29. The fraction of sp³-hybridized carbons (Fsp3) is 0.294. The van der Waals surface area contributed by atoms with Gasteiger partial charge < -0.3 is 10.1 Å². The molecule has 0 amide bonds. The van der Waals surface area contributed by atoms with E-state index in [1.54, 1.807) is 0 Å². The Kier molecular flexibility index (Phi) is 3.51. The van der Waals surface area contributed by atoms with E-state index in [-0.39, 0.29) is 6.10 Å². The molecule has 0 bridgehead atoms. The maximum Gasteiger partial charge on any atom is 0.123 e. The van der Waals surface area contributed by atoms with Crippen LogP contribution in [0.25, 0.3) is 0 Å². The quantitative estimate of drug-likeness (QED) is 0.904. The number of benzene rings is 2. The topological polar surface area (TPSA) is 21.3 Å². The molecule has 0 fully saturated rings. The van der Waals surface area contributed by atoms with Crippen LogP contribution in [-0.4, -0.2) is 19.2 Å². The van der Waals surface area contributed by atoms with Gasteiger partial charge in [0, 0.05) is 12.5 Å². The highest BCUT2D eigenvalue weighted by Crippen LogP contribution is 2.30. The Morgan fingerprint density at radius 3 is 2.58 bits per heavy atom. The molecule has 2 unspecified atom stereocenters. The zero-order valence-corrected chi connectivity index (χ0v) is 11.2. The predicted molar refractivity (Wildman–Crippen MR) is 77.6 cm³/mol. The third-order valence-electron chi connectivity index (χ3n) is 3.79. The highest BCUT2D eigenvalue weighted by atomic mass is 16.5. The molecule has 1 aliphatic rings. The third kappa shape index (κ3) is 2.64. The minimum absolute atomic E-state index is 0.225. The van der Waals surface area contributed by atoms with Gasteiger partial charge in [0.25, 0.3) is 0 Å². The number of nitrogens with one attached hydrogen (secondary N) is 1. The van der Waals surface area contributed by atoms with Crippen molar-refractivity contribution in [3.8, 4) is 5.75 Å². The summed E-state index contributed by atoms with van der Waals surface area (Å²) in [7, 11) is 2.01. The van der Waals surface area contributed by atoms with Crippen LogP contribution in [0.2, 0.25) is 0 Å². The zero-order valence-electron chi connectivity index (χ0n) is 11.2. The van der Waals surface area contributed by atoms with Gasteiger partial charge in [0.2, 0.25) is 0 Å². The maximum atomic E-state index is 6.07. The average molecular weight is 253 g/mol.